The Balaban J connectivity index is 1.63. The van der Waals surface area contributed by atoms with Crippen molar-refractivity contribution in [3.05, 3.63) is 59.7 Å². The lowest BCUT2D eigenvalue weighted by molar-refractivity contribution is -0.145. The van der Waals surface area contributed by atoms with E-state index in [0.717, 1.165) is 27.2 Å². The first kappa shape index (κ1) is 24.3. The Bertz CT molecular complexity index is 960. The molecule has 2 aromatic rings. The summed E-state index contributed by atoms with van der Waals surface area (Å²) in [6.07, 6.45) is -0.717. The lowest BCUT2D eigenvalue weighted by Crippen LogP contribution is -2.45. The number of aliphatic hydroxyl groups excluding tert-OH is 1. The van der Waals surface area contributed by atoms with Crippen LogP contribution in [-0.2, 0) is 14.3 Å². The number of carbonyl (C=O) groups excluding carboxylic acids is 2. The number of ether oxygens (including phenoxy) is 1. The number of fused-ring (bicyclic) bond motifs is 3. The van der Waals surface area contributed by atoms with Crippen LogP contribution in [0.15, 0.2) is 48.5 Å². The standard InChI is InChI=1S/C25H30N2O6/c1-16(2)22(13-23(29)27(11-12-28)14-24(30)31)26-25(32)33-15-21-19-9-5-3-7-17(19)18-8-4-6-10-20(18)21/h3-10,16,21-22,28H,11-15H2,1-2H3,(H,26,32)(H,30,31)/t22-/m0/s1. The van der Waals surface area contributed by atoms with Gasteiger partial charge in [-0.1, -0.05) is 62.4 Å². The van der Waals surface area contributed by atoms with Crippen molar-refractivity contribution in [2.75, 3.05) is 26.3 Å². The van der Waals surface area contributed by atoms with Crippen LogP contribution in [0.5, 0.6) is 0 Å². The molecule has 1 aliphatic rings. The van der Waals surface area contributed by atoms with Gasteiger partial charge in [-0.3, -0.25) is 9.59 Å². The molecule has 0 fully saturated rings. The van der Waals surface area contributed by atoms with Gasteiger partial charge in [0.25, 0.3) is 0 Å². The maximum atomic E-state index is 12.6. The highest BCUT2D eigenvalue weighted by Crippen LogP contribution is 2.44. The molecule has 1 aliphatic carbocycles. The van der Waals surface area contributed by atoms with Crippen LogP contribution in [0.25, 0.3) is 11.1 Å². The van der Waals surface area contributed by atoms with Crippen molar-refractivity contribution in [1.82, 2.24) is 10.2 Å². The quantitative estimate of drug-likeness (QED) is 0.508. The van der Waals surface area contributed by atoms with E-state index < -0.39 is 30.6 Å². The number of nitrogens with zero attached hydrogens (tertiary/aromatic N) is 1. The van der Waals surface area contributed by atoms with Crippen molar-refractivity contribution < 1.29 is 29.3 Å². The zero-order valence-electron chi connectivity index (χ0n) is 18.9. The van der Waals surface area contributed by atoms with E-state index >= 15 is 0 Å². The van der Waals surface area contributed by atoms with Gasteiger partial charge in [0.15, 0.2) is 0 Å². The summed E-state index contributed by atoms with van der Waals surface area (Å²) in [7, 11) is 0. The molecule has 8 nitrogen and oxygen atoms in total. The van der Waals surface area contributed by atoms with E-state index in [9.17, 15) is 14.4 Å². The zero-order chi connectivity index (χ0) is 24.0. The summed E-state index contributed by atoms with van der Waals surface area (Å²) >= 11 is 0. The van der Waals surface area contributed by atoms with E-state index in [-0.39, 0.29) is 38.0 Å². The number of aliphatic hydroxyl groups is 1. The molecular weight excluding hydrogens is 424 g/mol. The molecule has 0 spiro atoms. The summed E-state index contributed by atoms with van der Waals surface area (Å²) in [5.41, 5.74) is 4.48. The van der Waals surface area contributed by atoms with Crippen LogP contribution in [0.1, 0.15) is 37.3 Å². The van der Waals surface area contributed by atoms with Crippen LogP contribution in [0.4, 0.5) is 4.79 Å². The molecule has 0 saturated carbocycles. The number of alkyl carbamates (subject to hydrolysis) is 1. The van der Waals surface area contributed by atoms with Crippen molar-refractivity contribution in [3.8, 4) is 11.1 Å². The van der Waals surface area contributed by atoms with Gasteiger partial charge >= 0.3 is 12.1 Å². The van der Waals surface area contributed by atoms with Crippen LogP contribution in [0, 0.1) is 5.92 Å². The second-order valence-electron chi connectivity index (χ2n) is 8.46. The van der Waals surface area contributed by atoms with Gasteiger partial charge in [-0.05, 0) is 28.2 Å². The summed E-state index contributed by atoms with van der Waals surface area (Å²) in [6.45, 7) is 2.94. The van der Waals surface area contributed by atoms with E-state index in [2.05, 4.69) is 17.4 Å². The topological polar surface area (TPSA) is 116 Å². The second-order valence-corrected chi connectivity index (χ2v) is 8.46. The van der Waals surface area contributed by atoms with Crippen molar-refractivity contribution in [1.29, 1.82) is 0 Å². The minimum absolute atomic E-state index is 0.0714. The van der Waals surface area contributed by atoms with Gasteiger partial charge in [-0.15, -0.1) is 0 Å². The maximum absolute atomic E-state index is 12.6. The van der Waals surface area contributed by atoms with E-state index in [1.54, 1.807) is 0 Å². The van der Waals surface area contributed by atoms with Gasteiger partial charge in [-0.25, -0.2) is 4.79 Å². The molecule has 0 bridgehead atoms. The lowest BCUT2D eigenvalue weighted by Gasteiger charge is -2.26. The molecule has 2 aromatic carbocycles. The molecule has 176 valence electrons. The summed E-state index contributed by atoms with van der Waals surface area (Å²) in [6, 6.07) is 15.6. The number of carboxylic acid groups (broad SMARTS) is 1. The van der Waals surface area contributed by atoms with Crippen molar-refractivity contribution in [2.45, 2.75) is 32.2 Å². The minimum Gasteiger partial charge on any atom is -0.480 e. The first-order chi connectivity index (χ1) is 15.8. The number of hydrogen-bond acceptors (Lipinski definition) is 5. The number of rotatable bonds is 10. The van der Waals surface area contributed by atoms with E-state index in [4.69, 9.17) is 14.9 Å². The number of aliphatic carboxylic acids is 1. The summed E-state index contributed by atoms with van der Waals surface area (Å²) in [5, 5.41) is 20.9. The fraction of sp³-hybridized carbons (Fsp3) is 0.400. The predicted octanol–water partition coefficient (Wildman–Crippen LogP) is 2.85. The van der Waals surface area contributed by atoms with Crippen LogP contribution < -0.4 is 5.32 Å². The highest BCUT2D eigenvalue weighted by Gasteiger charge is 2.30. The third-order valence-corrected chi connectivity index (χ3v) is 5.89. The molecule has 2 amide bonds. The molecule has 0 aromatic heterocycles. The number of carboxylic acids is 1. The van der Waals surface area contributed by atoms with Gasteiger partial charge in [0.2, 0.25) is 5.91 Å². The van der Waals surface area contributed by atoms with Gasteiger partial charge < -0.3 is 25.2 Å². The van der Waals surface area contributed by atoms with Crippen LogP contribution in [0.2, 0.25) is 0 Å². The molecule has 0 radical (unpaired) electrons. The van der Waals surface area contributed by atoms with Gasteiger partial charge in [0.05, 0.1) is 6.61 Å². The summed E-state index contributed by atoms with van der Waals surface area (Å²) < 4.78 is 5.57. The number of benzene rings is 2. The Labute approximate surface area is 193 Å². The summed E-state index contributed by atoms with van der Waals surface area (Å²) in [4.78, 5) is 37.2. The maximum Gasteiger partial charge on any atom is 0.407 e. The Morgan fingerprint density at radius 3 is 2.12 bits per heavy atom. The van der Waals surface area contributed by atoms with Crippen LogP contribution in [-0.4, -0.2) is 65.4 Å². The average molecular weight is 455 g/mol. The fourth-order valence-corrected chi connectivity index (χ4v) is 4.14. The first-order valence-electron chi connectivity index (χ1n) is 11.0. The predicted molar refractivity (Wildman–Crippen MR) is 123 cm³/mol. The van der Waals surface area contributed by atoms with Gasteiger partial charge in [0, 0.05) is 24.9 Å². The molecule has 0 heterocycles. The van der Waals surface area contributed by atoms with E-state index in [1.807, 2.05) is 50.2 Å². The second kappa shape index (κ2) is 11.0. The molecule has 3 rings (SSSR count). The largest absolute Gasteiger partial charge is 0.480 e. The van der Waals surface area contributed by atoms with Crippen LogP contribution in [0.3, 0.4) is 0 Å². The van der Waals surface area contributed by atoms with Crippen molar-refractivity contribution in [3.63, 3.8) is 0 Å². The Morgan fingerprint density at radius 1 is 1.03 bits per heavy atom. The molecule has 1 atom stereocenters. The zero-order valence-corrected chi connectivity index (χ0v) is 18.9. The first-order valence-corrected chi connectivity index (χ1v) is 11.0. The molecule has 0 aliphatic heterocycles. The van der Waals surface area contributed by atoms with E-state index in [0.29, 0.717) is 0 Å². The fourth-order valence-electron chi connectivity index (χ4n) is 4.14. The number of hydrogen-bond donors (Lipinski definition) is 3. The smallest absolute Gasteiger partial charge is 0.407 e. The molecular formula is C25H30N2O6. The SMILES string of the molecule is CC(C)[C@H](CC(=O)N(CCO)CC(=O)O)NC(=O)OCC1c2ccccc2-c2ccccc21. The van der Waals surface area contributed by atoms with Gasteiger partial charge in [-0.2, -0.15) is 0 Å². The van der Waals surface area contributed by atoms with Crippen LogP contribution >= 0.6 is 0 Å². The lowest BCUT2D eigenvalue weighted by atomic mass is 9.98. The third kappa shape index (κ3) is 5.90. The Kier molecular flexibility index (Phi) is 8.06. The third-order valence-electron chi connectivity index (χ3n) is 5.89. The number of nitrogens with one attached hydrogen (secondary N) is 1. The highest BCUT2D eigenvalue weighted by molar-refractivity contribution is 5.82. The molecule has 33 heavy (non-hydrogen) atoms. The van der Waals surface area contributed by atoms with E-state index in [1.165, 1.54) is 0 Å². The van der Waals surface area contributed by atoms with Crippen molar-refractivity contribution in [2.24, 2.45) is 5.92 Å². The molecule has 8 heteroatoms. The monoisotopic (exact) mass is 454 g/mol. The Morgan fingerprint density at radius 2 is 1.61 bits per heavy atom. The normalized spacial score (nSPS) is 13.2. The number of amides is 2. The highest BCUT2D eigenvalue weighted by atomic mass is 16.5. The molecule has 0 saturated heterocycles. The summed E-state index contributed by atoms with van der Waals surface area (Å²) in [5.74, 6) is -1.78. The molecule has 0 unspecified atom stereocenters. The average Bonchev–Trinajstić information content (AvgIpc) is 3.10. The number of carbonyl (C=O) groups is 3. The van der Waals surface area contributed by atoms with Gasteiger partial charge in [0.1, 0.15) is 13.2 Å². The van der Waals surface area contributed by atoms with Crippen molar-refractivity contribution >= 4 is 18.0 Å². The minimum atomic E-state index is -1.16. The molecule has 3 N–H and O–H groups in total. The Hall–Kier alpha value is -3.39.